The van der Waals surface area contributed by atoms with E-state index in [1.807, 2.05) is 0 Å². The summed E-state index contributed by atoms with van der Waals surface area (Å²) in [5.41, 5.74) is 0.508. The lowest BCUT2D eigenvalue weighted by Crippen LogP contribution is -2.44. The summed E-state index contributed by atoms with van der Waals surface area (Å²) >= 11 is 0. The van der Waals surface area contributed by atoms with Crippen LogP contribution in [-0.2, 0) is 0 Å². The monoisotopic (exact) mass is 248 g/mol. The van der Waals surface area contributed by atoms with Crippen molar-refractivity contribution in [2.45, 2.75) is 71.4 Å². The molecule has 0 saturated carbocycles. The second-order valence-electron chi connectivity index (χ2n) is 4.85. The minimum atomic E-state index is 0.460. The van der Waals surface area contributed by atoms with Gasteiger partial charge in [-0.05, 0) is 42.4 Å². The Labute approximate surface area is 102 Å². The number of hydrogen-bond donors (Lipinski definition) is 0. The van der Waals surface area contributed by atoms with Crippen LogP contribution < -0.4 is 0 Å². The fourth-order valence-electron chi connectivity index (χ4n) is 2.99. The van der Waals surface area contributed by atoms with E-state index in [2.05, 4.69) is 46.2 Å². The van der Waals surface area contributed by atoms with Gasteiger partial charge >= 0.3 is 0 Å². The van der Waals surface area contributed by atoms with E-state index in [1.54, 1.807) is 0 Å². The molecule has 0 aromatic carbocycles. The van der Waals surface area contributed by atoms with Crippen LogP contribution in [0.5, 0.6) is 0 Å². The highest BCUT2D eigenvalue weighted by Crippen LogP contribution is 2.51. The van der Waals surface area contributed by atoms with Crippen LogP contribution in [0.1, 0.15) is 66.2 Å². The van der Waals surface area contributed by atoms with Crippen molar-refractivity contribution < 1.29 is 0 Å². The summed E-state index contributed by atoms with van der Waals surface area (Å²) in [5.74, 6) is 0. The van der Waals surface area contributed by atoms with Crippen molar-refractivity contribution in [3.05, 3.63) is 0 Å². The van der Waals surface area contributed by atoms with Crippen LogP contribution in [0, 0.1) is 5.41 Å². The van der Waals surface area contributed by atoms with Gasteiger partial charge in [0, 0.05) is 0 Å². The first-order valence-electron chi connectivity index (χ1n) is 6.54. The molecule has 0 amide bonds. The minimum Gasteiger partial charge on any atom is -0.137 e. The largest absolute Gasteiger partial charge is 0.137 e. The first-order chi connectivity index (χ1) is 7.05. The summed E-state index contributed by atoms with van der Waals surface area (Å²) in [7, 11) is 6.21. The first kappa shape index (κ1) is 15.9. The number of hydrogen-bond acceptors (Lipinski definition) is 0. The Morgan fingerprint density at radius 2 is 1.27 bits per heavy atom. The number of rotatable bonds is 8. The van der Waals surface area contributed by atoms with Gasteiger partial charge in [0.1, 0.15) is 0 Å². The minimum absolute atomic E-state index is 0.460. The van der Waals surface area contributed by atoms with Gasteiger partial charge in [-0.3, -0.25) is 0 Å². The quantitative estimate of drug-likeness (QED) is 0.537. The molecule has 0 fully saturated rings. The molecule has 0 aliphatic heterocycles. The maximum absolute atomic E-state index is 3.22. The predicted molar refractivity (Wildman–Crippen MR) is 79.8 cm³/mol. The van der Waals surface area contributed by atoms with E-state index in [1.165, 1.54) is 44.7 Å². The second kappa shape index (κ2) is 7.24. The van der Waals surface area contributed by atoms with E-state index >= 15 is 0 Å². The maximum Gasteiger partial charge on any atom is -0.00911 e. The van der Waals surface area contributed by atoms with Crippen LogP contribution in [0.2, 0.25) is 0 Å². The standard InChI is InChI=1S/C13H30P2/c1-5-9-13(15,10-6-2)12(7-3,8-4)11-14/h5-11,14-15H2,1-4H3. The van der Waals surface area contributed by atoms with Crippen molar-refractivity contribution in [3.63, 3.8) is 0 Å². The molecule has 0 aliphatic rings. The van der Waals surface area contributed by atoms with Gasteiger partial charge in [-0.25, -0.2) is 0 Å². The Morgan fingerprint density at radius 1 is 0.867 bits per heavy atom. The van der Waals surface area contributed by atoms with Crippen LogP contribution in [0.15, 0.2) is 0 Å². The SMILES string of the molecule is CCCC(P)(CCC)C(CC)(CC)CP. The second-order valence-corrected chi connectivity index (χ2v) is 6.36. The van der Waals surface area contributed by atoms with Gasteiger partial charge in [0.25, 0.3) is 0 Å². The molecule has 0 nitrogen and oxygen atoms in total. The Bertz CT molecular complexity index is 148. The molecule has 0 rings (SSSR count). The smallest absolute Gasteiger partial charge is 0.00911 e. The third-order valence-corrected chi connectivity index (χ3v) is 6.16. The molecule has 0 saturated heterocycles. The molecule has 0 heterocycles. The van der Waals surface area contributed by atoms with E-state index in [-0.39, 0.29) is 0 Å². The van der Waals surface area contributed by atoms with Gasteiger partial charge in [-0.15, -0.1) is 18.5 Å². The zero-order valence-electron chi connectivity index (χ0n) is 11.1. The van der Waals surface area contributed by atoms with Gasteiger partial charge < -0.3 is 0 Å². The van der Waals surface area contributed by atoms with Crippen LogP contribution in [0.4, 0.5) is 0 Å². The molecule has 92 valence electrons. The molecule has 15 heavy (non-hydrogen) atoms. The van der Waals surface area contributed by atoms with Crippen LogP contribution in [0.25, 0.3) is 0 Å². The van der Waals surface area contributed by atoms with Crippen LogP contribution in [-0.4, -0.2) is 11.3 Å². The highest BCUT2D eigenvalue weighted by Gasteiger charge is 2.42. The molecule has 2 unspecified atom stereocenters. The molecular formula is C13H30P2. The van der Waals surface area contributed by atoms with Crippen molar-refractivity contribution >= 4 is 18.5 Å². The van der Waals surface area contributed by atoms with E-state index in [0.29, 0.717) is 10.6 Å². The average molecular weight is 248 g/mol. The van der Waals surface area contributed by atoms with Gasteiger partial charge in [-0.2, -0.15) is 0 Å². The molecule has 2 heteroatoms. The van der Waals surface area contributed by atoms with Crippen molar-refractivity contribution in [3.8, 4) is 0 Å². The third kappa shape index (κ3) is 3.41. The molecular weight excluding hydrogens is 218 g/mol. The van der Waals surface area contributed by atoms with E-state index < -0.39 is 0 Å². The normalized spacial score (nSPS) is 13.2. The summed E-state index contributed by atoms with van der Waals surface area (Å²) < 4.78 is 0. The van der Waals surface area contributed by atoms with E-state index in [4.69, 9.17) is 0 Å². The molecule has 0 bridgehead atoms. The highest BCUT2D eigenvalue weighted by molar-refractivity contribution is 7.19. The summed E-state index contributed by atoms with van der Waals surface area (Å²) in [6.45, 7) is 9.34. The fourth-order valence-corrected chi connectivity index (χ4v) is 5.32. The lowest BCUT2D eigenvalue weighted by atomic mass is 9.68. The topological polar surface area (TPSA) is 0 Å². The summed E-state index contributed by atoms with van der Waals surface area (Å²) in [6.07, 6.45) is 9.14. The Balaban J connectivity index is 4.97. The zero-order valence-corrected chi connectivity index (χ0v) is 13.4. The predicted octanol–water partition coefficient (Wildman–Crippen LogP) is 4.88. The summed E-state index contributed by atoms with van der Waals surface area (Å²) in [4.78, 5) is 0. The first-order valence-corrected chi connectivity index (χ1v) is 7.94. The average Bonchev–Trinajstić information content (AvgIpc) is 2.21. The maximum atomic E-state index is 3.22. The van der Waals surface area contributed by atoms with Crippen molar-refractivity contribution in [2.24, 2.45) is 5.41 Å². The molecule has 0 aliphatic carbocycles. The molecule has 0 radical (unpaired) electrons. The molecule has 0 spiro atoms. The van der Waals surface area contributed by atoms with Crippen molar-refractivity contribution in [1.29, 1.82) is 0 Å². The summed E-state index contributed by atoms with van der Waals surface area (Å²) in [6, 6.07) is 0. The van der Waals surface area contributed by atoms with Gasteiger partial charge in [0.15, 0.2) is 0 Å². The van der Waals surface area contributed by atoms with Crippen LogP contribution >= 0.6 is 18.5 Å². The van der Waals surface area contributed by atoms with Gasteiger partial charge in [-0.1, -0.05) is 40.5 Å². The Hall–Kier alpha value is 0.860. The van der Waals surface area contributed by atoms with Crippen LogP contribution in [0.3, 0.4) is 0 Å². The van der Waals surface area contributed by atoms with Gasteiger partial charge in [0.2, 0.25) is 0 Å². The molecule has 0 aromatic heterocycles. The lowest BCUT2D eigenvalue weighted by molar-refractivity contribution is 0.184. The van der Waals surface area contributed by atoms with E-state index in [9.17, 15) is 0 Å². The van der Waals surface area contributed by atoms with Crippen molar-refractivity contribution in [2.75, 3.05) is 6.16 Å². The van der Waals surface area contributed by atoms with Crippen molar-refractivity contribution in [1.82, 2.24) is 0 Å². The highest BCUT2D eigenvalue weighted by atomic mass is 31.0. The Kier molecular flexibility index (Phi) is 7.65. The van der Waals surface area contributed by atoms with E-state index in [0.717, 1.165) is 0 Å². The lowest BCUT2D eigenvalue weighted by Gasteiger charge is -2.48. The zero-order chi connectivity index (χ0) is 11.9. The molecule has 0 aromatic rings. The fraction of sp³-hybridized carbons (Fsp3) is 1.00. The Morgan fingerprint density at radius 3 is 1.47 bits per heavy atom. The third-order valence-electron chi connectivity index (χ3n) is 4.19. The molecule has 0 N–H and O–H groups in total. The summed E-state index contributed by atoms with van der Waals surface area (Å²) in [5, 5.41) is 0.460. The molecule has 2 atom stereocenters. The van der Waals surface area contributed by atoms with Gasteiger partial charge in [0.05, 0.1) is 0 Å².